The van der Waals surface area contributed by atoms with E-state index in [4.69, 9.17) is 5.73 Å². The van der Waals surface area contributed by atoms with Crippen LogP contribution in [0.5, 0.6) is 0 Å². The van der Waals surface area contributed by atoms with Crippen molar-refractivity contribution in [3.8, 4) is 0 Å². The van der Waals surface area contributed by atoms with Crippen molar-refractivity contribution in [1.29, 1.82) is 0 Å². The molecule has 0 aromatic rings. The maximum Gasteiger partial charge on any atom is 0.236 e. The van der Waals surface area contributed by atoms with Crippen LogP contribution in [0.4, 0.5) is 0 Å². The van der Waals surface area contributed by atoms with Gasteiger partial charge in [0.15, 0.2) is 0 Å². The highest BCUT2D eigenvalue weighted by atomic mass is 16.2. The Balaban J connectivity index is 1.95. The topological polar surface area (TPSA) is 61.6 Å². The van der Waals surface area contributed by atoms with E-state index in [-0.39, 0.29) is 11.9 Å². The first-order chi connectivity index (χ1) is 7.18. The first kappa shape index (κ1) is 10.9. The molecule has 0 aromatic heterocycles. The minimum atomic E-state index is 0.162. The molecule has 86 valence electrons. The van der Waals surface area contributed by atoms with Crippen LogP contribution in [0.3, 0.4) is 0 Å². The summed E-state index contributed by atoms with van der Waals surface area (Å²) in [6.07, 6.45) is 1.05. The van der Waals surface area contributed by atoms with E-state index in [9.17, 15) is 4.79 Å². The second kappa shape index (κ2) is 4.47. The molecule has 0 radical (unpaired) electrons. The number of piperidine rings is 1. The Kier molecular flexibility index (Phi) is 3.23. The number of rotatable bonds is 1. The number of carbonyl (C=O) groups is 1. The van der Waals surface area contributed by atoms with E-state index in [0.717, 1.165) is 32.6 Å². The van der Waals surface area contributed by atoms with Crippen LogP contribution in [-0.4, -0.2) is 67.6 Å². The molecule has 5 nitrogen and oxygen atoms in total. The summed E-state index contributed by atoms with van der Waals surface area (Å²) in [5, 5.41) is 3.28. The van der Waals surface area contributed by atoms with Crippen LogP contribution in [0.2, 0.25) is 0 Å². The van der Waals surface area contributed by atoms with Gasteiger partial charge >= 0.3 is 0 Å². The molecule has 15 heavy (non-hydrogen) atoms. The number of carbonyl (C=O) groups excluding carboxylic acids is 1. The number of amides is 1. The summed E-state index contributed by atoms with van der Waals surface area (Å²) in [6.45, 7) is 4.20. The average Bonchev–Trinajstić information content (AvgIpc) is 2.23. The highest BCUT2D eigenvalue weighted by Gasteiger charge is 2.31. The first-order valence-corrected chi connectivity index (χ1v) is 5.63. The molecule has 5 heteroatoms. The summed E-state index contributed by atoms with van der Waals surface area (Å²) < 4.78 is 0. The molecule has 2 aliphatic rings. The SMILES string of the molecule is CN1CCN(C2CCNCC2N)CC1=O. The maximum atomic E-state index is 11.6. The van der Waals surface area contributed by atoms with E-state index < -0.39 is 0 Å². The lowest BCUT2D eigenvalue weighted by molar-refractivity contribution is -0.135. The summed E-state index contributed by atoms with van der Waals surface area (Å²) in [4.78, 5) is 15.6. The van der Waals surface area contributed by atoms with Crippen LogP contribution in [0, 0.1) is 0 Å². The van der Waals surface area contributed by atoms with E-state index in [1.165, 1.54) is 0 Å². The van der Waals surface area contributed by atoms with Gasteiger partial charge in [-0.25, -0.2) is 0 Å². The molecule has 1 amide bonds. The van der Waals surface area contributed by atoms with Crippen LogP contribution in [-0.2, 0) is 4.79 Å². The summed E-state index contributed by atoms with van der Waals surface area (Å²) in [5.74, 6) is 0.215. The van der Waals surface area contributed by atoms with Crippen molar-refractivity contribution in [2.24, 2.45) is 5.73 Å². The first-order valence-electron chi connectivity index (χ1n) is 5.63. The minimum Gasteiger partial charge on any atom is -0.343 e. The summed E-state index contributed by atoms with van der Waals surface area (Å²) >= 11 is 0. The molecule has 0 aliphatic carbocycles. The normalized spacial score (nSPS) is 34.5. The molecular weight excluding hydrogens is 192 g/mol. The zero-order valence-electron chi connectivity index (χ0n) is 9.28. The Morgan fingerprint density at radius 2 is 2.27 bits per heavy atom. The Bertz CT molecular complexity index is 246. The fourth-order valence-corrected chi connectivity index (χ4v) is 2.38. The molecule has 2 rings (SSSR count). The number of piperazine rings is 1. The van der Waals surface area contributed by atoms with E-state index in [0.29, 0.717) is 12.6 Å². The number of nitrogens with two attached hydrogens (primary N) is 1. The highest BCUT2D eigenvalue weighted by molar-refractivity contribution is 5.78. The zero-order valence-corrected chi connectivity index (χ0v) is 9.28. The van der Waals surface area contributed by atoms with Crippen LogP contribution < -0.4 is 11.1 Å². The fraction of sp³-hybridized carbons (Fsp3) is 0.900. The van der Waals surface area contributed by atoms with Gasteiger partial charge in [0.1, 0.15) is 0 Å². The van der Waals surface area contributed by atoms with Gasteiger partial charge in [-0.1, -0.05) is 0 Å². The fourth-order valence-electron chi connectivity index (χ4n) is 2.38. The van der Waals surface area contributed by atoms with Gasteiger partial charge in [-0.05, 0) is 13.0 Å². The summed E-state index contributed by atoms with van der Waals surface area (Å²) in [7, 11) is 1.86. The van der Waals surface area contributed by atoms with Gasteiger partial charge in [-0.3, -0.25) is 9.69 Å². The predicted octanol–water partition coefficient (Wildman–Crippen LogP) is -1.55. The molecule has 0 saturated carbocycles. The zero-order chi connectivity index (χ0) is 10.8. The Labute approximate surface area is 90.6 Å². The van der Waals surface area contributed by atoms with Crippen molar-refractivity contribution in [1.82, 2.24) is 15.1 Å². The quantitative estimate of drug-likeness (QED) is 0.552. The monoisotopic (exact) mass is 212 g/mol. The second-order valence-corrected chi connectivity index (χ2v) is 4.51. The van der Waals surface area contributed by atoms with Crippen molar-refractivity contribution >= 4 is 5.91 Å². The van der Waals surface area contributed by atoms with Gasteiger partial charge in [0.05, 0.1) is 6.54 Å². The van der Waals surface area contributed by atoms with E-state index in [1.807, 2.05) is 7.05 Å². The van der Waals surface area contributed by atoms with Gasteiger partial charge in [-0.15, -0.1) is 0 Å². The molecule has 2 fully saturated rings. The number of hydrogen-bond donors (Lipinski definition) is 2. The molecule has 3 N–H and O–H groups in total. The third kappa shape index (κ3) is 2.30. The second-order valence-electron chi connectivity index (χ2n) is 4.51. The average molecular weight is 212 g/mol. The molecule has 0 spiro atoms. The number of nitrogens with one attached hydrogen (secondary N) is 1. The van der Waals surface area contributed by atoms with Crippen LogP contribution in [0.25, 0.3) is 0 Å². The van der Waals surface area contributed by atoms with Crippen LogP contribution >= 0.6 is 0 Å². The van der Waals surface area contributed by atoms with Gasteiger partial charge in [0.2, 0.25) is 5.91 Å². The van der Waals surface area contributed by atoms with E-state index in [2.05, 4.69) is 10.2 Å². The van der Waals surface area contributed by atoms with Crippen LogP contribution in [0.15, 0.2) is 0 Å². The standard InChI is InChI=1S/C10H20N4O/c1-13-4-5-14(7-10(13)15)9-2-3-12-6-8(9)11/h8-9,12H,2-7,11H2,1H3. The lowest BCUT2D eigenvalue weighted by Crippen LogP contribution is -2.61. The number of likely N-dealkylation sites (N-methyl/N-ethyl adjacent to an activating group) is 1. The van der Waals surface area contributed by atoms with Crippen molar-refractivity contribution in [3.63, 3.8) is 0 Å². The Morgan fingerprint density at radius 1 is 1.47 bits per heavy atom. The highest BCUT2D eigenvalue weighted by Crippen LogP contribution is 2.13. The van der Waals surface area contributed by atoms with Gasteiger partial charge in [0.25, 0.3) is 0 Å². The summed E-state index contributed by atoms with van der Waals surface area (Å²) in [6, 6.07) is 0.541. The largest absolute Gasteiger partial charge is 0.343 e. The Hall–Kier alpha value is -0.650. The number of hydrogen-bond acceptors (Lipinski definition) is 4. The van der Waals surface area contributed by atoms with E-state index >= 15 is 0 Å². The molecule has 2 unspecified atom stereocenters. The van der Waals surface area contributed by atoms with Crippen molar-refractivity contribution in [2.45, 2.75) is 18.5 Å². The third-order valence-electron chi connectivity index (χ3n) is 3.45. The summed E-state index contributed by atoms with van der Waals surface area (Å²) in [5.41, 5.74) is 6.06. The Morgan fingerprint density at radius 3 is 2.93 bits per heavy atom. The molecule has 2 aliphatic heterocycles. The molecule has 0 aromatic carbocycles. The van der Waals surface area contributed by atoms with Crippen molar-refractivity contribution < 1.29 is 4.79 Å². The number of nitrogens with zero attached hydrogens (tertiary/aromatic N) is 2. The predicted molar refractivity (Wildman–Crippen MR) is 58.5 cm³/mol. The molecular formula is C10H20N4O. The van der Waals surface area contributed by atoms with Crippen LogP contribution in [0.1, 0.15) is 6.42 Å². The lowest BCUT2D eigenvalue weighted by Gasteiger charge is -2.42. The lowest BCUT2D eigenvalue weighted by atomic mass is 9.99. The van der Waals surface area contributed by atoms with Crippen molar-refractivity contribution in [2.75, 3.05) is 39.8 Å². The molecule has 2 saturated heterocycles. The molecule has 0 bridgehead atoms. The van der Waals surface area contributed by atoms with Crippen molar-refractivity contribution in [3.05, 3.63) is 0 Å². The maximum absolute atomic E-state index is 11.6. The minimum absolute atomic E-state index is 0.162. The van der Waals surface area contributed by atoms with Gasteiger partial charge in [0, 0.05) is 38.8 Å². The van der Waals surface area contributed by atoms with Gasteiger partial charge < -0.3 is 16.0 Å². The van der Waals surface area contributed by atoms with Gasteiger partial charge in [-0.2, -0.15) is 0 Å². The third-order valence-corrected chi connectivity index (χ3v) is 3.45. The van der Waals surface area contributed by atoms with E-state index in [1.54, 1.807) is 4.90 Å². The molecule has 2 atom stereocenters. The molecule has 2 heterocycles. The smallest absolute Gasteiger partial charge is 0.236 e.